The van der Waals surface area contributed by atoms with E-state index >= 15 is 0 Å². The maximum Gasteiger partial charge on any atom is 0.0624 e. The normalized spacial score (nSPS) is 20.9. The van der Waals surface area contributed by atoms with Crippen LogP contribution in [-0.4, -0.2) is 15.8 Å². The first-order chi connectivity index (χ1) is 7.69. The second-order valence-electron chi connectivity index (χ2n) is 4.66. The Morgan fingerprint density at radius 1 is 1.56 bits per heavy atom. The van der Waals surface area contributed by atoms with Crippen molar-refractivity contribution in [2.24, 2.45) is 12.8 Å². The maximum absolute atomic E-state index is 5.95. The minimum atomic E-state index is 0.266. The number of allylic oxidation sites excluding steroid dienone is 1. The summed E-state index contributed by atoms with van der Waals surface area (Å²) in [5.74, 6) is 0. The lowest BCUT2D eigenvalue weighted by atomic mass is 9.93. The molecule has 3 heteroatoms. The monoisotopic (exact) mass is 219 g/mol. The molecule has 0 amide bonds. The van der Waals surface area contributed by atoms with Gasteiger partial charge in [-0.3, -0.25) is 4.68 Å². The van der Waals surface area contributed by atoms with Crippen molar-refractivity contribution in [3.8, 4) is 0 Å². The van der Waals surface area contributed by atoms with Crippen LogP contribution in [0.25, 0.3) is 0 Å². The van der Waals surface area contributed by atoms with E-state index in [-0.39, 0.29) is 6.04 Å². The zero-order valence-electron chi connectivity index (χ0n) is 10.2. The molecule has 2 rings (SSSR count). The summed E-state index contributed by atoms with van der Waals surface area (Å²) in [6.07, 6.45) is 7.81. The molecule has 0 saturated heterocycles. The van der Waals surface area contributed by atoms with Gasteiger partial charge in [0.25, 0.3) is 0 Å². The van der Waals surface area contributed by atoms with Gasteiger partial charge in [0.1, 0.15) is 0 Å². The molecule has 0 radical (unpaired) electrons. The van der Waals surface area contributed by atoms with Gasteiger partial charge in [-0.05, 0) is 31.7 Å². The van der Waals surface area contributed by atoms with E-state index < -0.39 is 0 Å². The standard InChI is InChI=1S/C13H21N3/c1-3-12-9-13(16(2)15-12)8-10-5-4-6-11(14)7-10/h7,9,11H,3-6,8,14H2,1-2H3. The molecule has 0 aromatic carbocycles. The van der Waals surface area contributed by atoms with E-state index in [0.717, 1.165) is 19.3 Å². The fourth-order valence-corrected chi connectivity index (χ4v) is 2.32. The molecule has 88 valence electrons. The molecule has 1 unspecified atom stereocenters. The first kappa shape index (κ1) is 11.4. The van der Waals surface area contributed by atoms with E-state index in [2.05, 4.69) is 24.2 Å². The second-order valence-corrected chi connectivity index (χ2v) is 4.66. The Kier molecular flexibility index (Phi) is 3.44. The van der Waals surface area contributed by atoms with Crippen LogP contribution >= 0.6 is 0 Å². The van der Waals surface area contributed by atoms with Crippen LogP contribution in [0, 0.1) is 0 Å². The molecule has 1 heterocycles. The van der Waals surface area contributed by atoms with Gasteiger partial charge in [-0.2, -0.15) is 5.10 Å². The Labute approximate surface area is 97.3 Å². The highest BCUT2D eigenvalue weighted by atomic mass is 15.3. The van der Waals surface area contributed by atoms with Crippen LogP contribution in [0.5, 0.6) is 0 Å². The summed E-state index contributed by atoms with van der Waals surface area (Å²) >= 11 is 0. The van der Waals surface area contributed by atoms with Crippen molar-refractivity contribution in [1.82, 2.24) is 9.78 Å². The third-order valence-electron chi connectivity index (χ3n) is 3.28. The second kappa shape index (κ2) is 4.83. The van der Waals surface area contributed by atoms with Crippen molar-refractivity contribution < 1.29 is 0 Å². The summed E-state index contributed by atoms with van der Waals surface area (Å²) in [7, 11) is 2.03. The molecule has 0 fully saturated rings. The zero-order valence-corrected chi connectivity index (χ0v) is 10.2. The van der Waals surface area contributed by atoms with Crippen molar-refractivity contribution in [2.45, 2.75) is 45.1 Å². The molecule has 1 aromatic heterocycles. The molecule has 0 saturated carbocycles. The quantitative estimate of drug-likeness (QED) is 0.790. The Balaban J connectivity index is 2.11. The highest BCUT2D eigenvalue weighted by Gasteiger charge is 2.12. The van der Waals surface area contributed by atoms with Gasteiger partial charge in [0.15, 0.2) is 0 Å². The highest BCUT2D eigenvalue weighted by molar-refractivity contribution is 5.20. The summed E-state index contributed by atoms with van der Waals surface area (Å²) in [4.78, 5) is 0. The molecule has 1 aliphatic rings. The first-order valence-electron chi connectivity index (χ1n) is 6.16. The van der Waals surface area contributed by atoms with Gasteiger partial charge >= 0.3 is 0 Å². The first-order valence-corrected chi connectivity index (χ1v) is 6.16. The van der Waals surface area contributed by atoms with E-state index in [1.165, 1.54) is 29.8 Å². The van der Waals surface area contributed by atoms with E-state index in [1.807, 2.05) is 11.7 Å². The minimum Gasteiger partial charge on any atom is -0.324 e. The number of nitrogens with zero attached hydrogens (tertiary/aromatic N) is 2. The van der Waals surface area contributed by atoms with Gasteiger partial charge in [0.2, 0.25) is 0 Å². The van der Waals surface area contributed by atoms with Gasteiger partial charge in [-0.1, -0.05) is 18.6 Å². The number of aromatic nitrogens is 2. The van der Waals surface area contributed by atoms with Crippen molar-refractivity contribution in [3.63, 3.8) is 0 Å². The number of hydrogen-bond acceptors (Lipinski definition) is 2. The van der Waals surface area contributed by atoms with Crippen LogP contribution in [0.15, 0.2) is 17.7 Å². The van der Waals surface area contributed by atoms with E-state index in [9.17, 15) is 0 Å². The molecule has 1 aliphatic carbocycles. The molecular formula is C13H21N3. The summed E-state index contributed by atoms with van der Waals surface area (Å²) in [6.45, 7) is 2.14. The Bertz CT molecular complexity index is 390. The molecule has 1 aromatic rings. The van der Waals surface area contributed by atoms with Crippen molar-refractivity contribution >= 4 is 0 Å². The Hall–Kier alpha value is -1.09. The maximum atomic E-state index is 5.95. The summed E-state index contributed by atoms with van der Waals surface area (Å²) in [5, 5.41) is 4.47. The van der Waals surface area contributed by atoms with Gasteiger partial charge in [-0.15, -0.1) is 0 Å². The SMILES string of the molecule is CCc1cc(CC2=CC(N)CCC2)n(C)n1. The molecule has 1 atom stereocenters. The smallest absolute Gasteiger partial charge is 0.0624 e. The van der Waals surface area contributed by atoms with E-state index in [0.29, 0.717) is 0 Å². The number of nitrogens with two attached hydrogens (primary N) is 1. The topological polar surface area (TPSA) is 43.8 Å². The molecule has 0 aliphatic heterocycles. The van der Waals surface area contributed by atoms with Gasteiger partial charge in [0.05, 0.1) is 5.69 Å². The van der Waals surface area contributed by atoms with Crippen LogP contribution in [0.3, 0.4) is 0 Å². The molecule has 16 heavy (non-hydrogen) atoms. The fourth-order valence-electron chi connectivity index (χ4n) is 2.32. The number of rotatable bonds is 3. The van der Waals surface area contributed by atoms with Crippen LogP contribution in [0.2, 0.25) is 0 Å². The molecular weight excluding hydrogens is 198 g/mol. The minimum absolute atomic E-state index is 0.266. The summed E-state index contributed by atoms with van der Waals surface area (Å²) in [6, 6.07) is 2.48. The summed E-state index contributed by atoms with van der Waals surface area (Å²) < 4.78 is 2.00. The van der Waals surface area contributed by atoms with Crippen molar-refractivity contribution in [2.75, 3.05) is 0 Å². The van der Waals surface area contributed by atoms with Gasteiger partial charge in [0, 0.05) is 25.2 Å². The Morgan fingerprint density at radius 3 is 3.00 bits per heavy atom. The number of hydrogen-bond donors (Lipinski definition) is 1. The lowest BCUT2D eigenvalue weighted by Crippen LogP contribution is -2.21. The van der Waals surface area contributed by atoms with Crippen LogP contribution in [0.4, 0.5) is 0 Å². The molecule has 0 bridgehead atoms. The largest absolute Gasteiger partial charge is 0.324 e. The molecule has 2 N–H and O–H groups in total. The van der Waals surface area contributed by atoms with Crippen molar-refractivity contribution in [1.29, 1.82) is 0 Å². The van der Waals surface area contributed by atoms with Gasteiger partial charge in [-0.25, -0.2) is 0 Å². The van der Waals surface area contributed by atoms with Crippen LogP contribution < -0.4 is 5.73 Å². The average molecular weight is 219 g/mol. The Morgan fingerprint density at radius 2 is 2.38 bits per heavy atom. The third kappa shape index (κ3) is 2.53. The van der Waals surface area contributed by atoms with Crippen LogP contribution in [-0.2, 0) is 19.9 Å². The molecule has 0 spiro atoms. The lowest BCUT2D eigenvalue weighted by Gasteiger charge is -2.17. The highest BCUT2D eigenvalue weighted by Crippen LogP contribution is 2.21. The predicted octanol–water partition coefficient (Wildman–Crippen LogP) is 1.96. The number of aryl methyl sites for hydroxylation is 2. The fraction of sp³-hybridized carbons (Fsp3) is 0.615. The average Bonchev–Trinajstić information content (AvgIpc) is 2.60. The van der Waals surface area contributed by atoms with E-state index in [1.54, 1.807) is 0 Å². The summed E-state index contributed by atoms with van der Waals surface area (Å²) in [5.41, 5.74) is 9.91. The third-order valence-corrected chi connectivity index (χ3v) is 3.28. The predicted molar refractivity (Wildman–Crippen MR) is 66.2 cm³/mol. The van der Waals surface area contributed by atoms with E-state index in [4.69, 9.17) is 5.73 Å². The van der Waals surface area contributed by atoms with Crippen LogP contribution in [0.1, 0.15) is 37.6 Å². The lowest BCUT2D eigenvalue weighted by molar-refractivity contribution is 0.609. The van der Waals surface area contributed by atoms with Crippen molar-refractivity contribution in [3.05, 3.63) is 29.1 Å². The van der Waals surface area contributed by atoms with Gasteiger partial charge < -0.3 is 5.73 Å². The molecule has 3 nitrogen and oxygen atoms in total. The zero-order chi connectivity index (χ0) is 11.5.